The molecule has 0 spiro atoms. The van der Waals surface area contributed by atoms with Crippen LogP contribution in [-0.2, 0) is 11.2 Å². The molecule has 0 aliphatic heterocycles. The van der Waals surface area contributed by atoms with Gasteiger partial charge in [0.2, 0.25) is 5.91 Å². The Morgan fingerprint density at radius 1 is 1.08 bits per heavy atom. The number of carbonyl (C=O) groups is 2. The molecule has 0 saturated heterocycles. The van der Waals surface area contributed by atoms with E-state index in [0.29, 0.717) is 19.5 Å². The van der Waals surface area contributed by atoms with Crippen molar-refractivity contribution in [1.29, 1.82) is 0 Å². The lowest BCUT2D eigenvalue weighted by Gasteiger charge is -2.22. The summed E-state index contributed by atoms with van der Waals surface area (Å²) in [5.74, 6) is -0.392. The molecule has 3 amide bonds. The normalized spacial score (nSPS) is 14.9. The molecular weight excluding hydrogens is 309 g/mol. The second-order valence-electron chi connectivity index (χ2n) is 6.22. The van der Waals surface area contributed by atoms with Crippen LogP contribution >= 0.6 is 0 Å². The number of nitrogens with one attached hydrogen (secondary N) is 3. The molecule has 1 fully saturated rings. The van der Waals surface area contributed by atoms with Gasteiger partial charge in [-0.1, -0.05) is 31.4 Å². The molecule has 1 aliphatic rings. The van der Waals surface area contributed by atoms with Gasteiger partial charge in [0, 0.05) is 25.6 Å². The molecule has 0 unspecified atom stereocenters. The van der Waals surface area contributed by atoms with Gasteiger partial charge < -0.3 is 16.0 Å². The molecule has 2 rings (SSSR count). The molecule has 0 heterocycles. The molecule has 1 saturated carbocycles. The Morgan fingerprint density at radius 3 is 2.62 bits per heavy atom. The Bertz CT molecular complexity index is 545. The SMILES string of the molecule is O=C(CCNC(=O)NC1CCCCC1)NCCc1cccc(F)c1. The number of halogens is 1. The van der Waals surface area contributed by atoms with Crippen LogP contribution < -0.4 is 16.0 Å². The van der Waals surface area contributed by atoms with Gasteiger partial charge in [-0.05, 0) is 37.0 Å². The number of benzene rings is 1. The van der Waals surface area contributed by atoms with E-state index in [1.807, 2.05) is 6.07 Å². The fourth-order valence-corrected chi connectivity index (χ4v) is 2.90. The highest BCUT2D eigenvalue weighted by Gasteiger charge is 2.15. The second kappa shape index (κ2) is 9.90. The summed E-state index contributed by atoms with van der Waals surface area (Å²) >= 11 is 0. The molecule has 6 heteroatoms. The Kier molecular flexibility index (Phi) is 7.52. The van der Waals surface area contributed by atoms with Crippen molar-refractivity contribution in [2.24, 2.45) is 0 Å². The third-order valence-electron chi connectivity index (χ3n) is 4.20. The van der Waals surface area contributed by atoms with E-state index in [-0.39, 0.29) is 30.2 Å². The van der Waals surface area contributed by atoms with Crippen LogP contribution in [0.4, 0.5) is 9.18 Å². The molecule has 0 atom stereocenters. The van der Waals surface area contributed by atoms with Gasteiger partial charge in [0.25, 0.3) is 0 Å². The third-order valence-corrected chi connectivity index (χ3v) is 4.20. The van der Waals surface area contributed by atoms with Gasteiger partial charge in [-0.2, -0.15) is 0 Å². The minimum atomic E-state index is -0.271. The molecule has 5 nitrogen and oxygen atoms in total. The van der Waals surface area contributed by atoms with Crippen molar-refractivity contribution in [2.45, 2.75) is 51.0 Å². The highest BCUT2D eigenvalue weighted by Crippen LogP contribution is 2.17. The molecular formula is C18H26FN3O2. The van der Waals surface area contributed by atoms with E-state index in [1.54, 1.807) is 6.07 Å². The van der Waals surface area contributed by atoms with Crippen LogP contribution in [0, 0.1) is 5.82 Å². The quantitative estimate of drug-likeness (QED) is 0.716. The first-order valence-electron chi connectivity index (χ1n) is 8.69. The van der Waals surface area contributed by atoms with E-state index in [2.05, 4.69) is 16.0 Å². The van der Waals surface area contributed by atoms with Crippen molar-refractivity contribution in [1.82, 2.24) is 16.0 Å². The summed E-state index contributed by atoms with van der Waals surface area (Å²) in [6, 6.07) is 6.40. The van der Waals surface area contributed by atoms with Gasteiger partial charge in [-0.15, -0.1) is 0 Å². The predicted molar refractivity (Wildman–Crippen MR) is 91.1 cm³/mol. The van der Waals surface area contributed by atoms with Crippen molar-refractivity contribution >= 4 is 11.9 Å². The zero-order chi connectivity index (χ0) is 17.2. The molecule has 1 aromatic rings. The molecule has 24 heavy (non-hydrogen) atoms. The number of rotatable bonds is 7. The van der Waals surface area contributed by atoms with Crippen molar-refractivity contribution < 1.29 is 14.0 Å². The van der Waals surface area contributed by atoms with Gasteiger partial charge in [0.05, 0.1) is 0 Å². The summed E-state index contributed by atoms with van der Waals surface area (Å²) in [5.41, 5.74) is 0.847. The summed E-state index contributed by atoms with van der Waals surface area (Å²) in [4.78, 5) is 23.4. The second-order valence-corrected chi connectivity index (χ2v) is 6.22. The summed E-state index contributed by atoms with van der Waals surface area (Å²) in [7, 11) is 0. The van der Waals surface area contributed by atoms with Gasteiger partial charge in [-0.3, -0.25) is 4.79 Å². The topological polar surface area (TPSA) is 70.2 Å². The maximum Gasteiger partial charge on any atom is 0.315 e. The average Bonchev–Trinajstić information content (AvgIpc) is 2.56. The molecule has 0 radical (unpaired) electrons. The average molecular weight is 335 g/mol. The molecule has 1 aliphatic carbocycles. The zero-order valence-electron chi connectivity index (χ0n) is 13.9. The lowest BCUT2D eigenvalue weighted by atomic mass is 9.96. The van der Waals surface area contributed by atoms with E-state index < -0.39 is 0 Å². The Hall–Kier alpha value is -2.11. The molecule has 0 bridgehead atoms. The van der Waals surface area contributed by atoms with Crippen LogP contribution in [0.3, 0.4) is 0 Å². The van der Waals surface area contributed by atoms with Gasteiger partial charge in [0.1, 0.15) is 5.82 Å². The van der Waals surface area contributed by atoms with E-state index in [9.17, 15) is 14.0 Å². The fraction of sp³-hybridized carbons (Fsp3) is 0.556. The van der Waals surface area contributed by atoms with Crippen molar-refractivity contribution in [2.75, 3.05) is 13.1 Å². The Labute approximate surface area is 142 Å². The minimum Gasteiger partial charge on any atom is -0.356 e. The lowest BCUT2D eigenvalue weighted by molar-refractivity contribution is -0.120. The molecule has 132 valence electrons. The lowest BCUT2D eigenvalue weighted by Crippen LogP contribution is -2.43. The van der Waals surface area contributed by atoms with Crippen LogP contribution in [0.15, 0.2) is 24.3 Å². The van der Waals surface area contributed by atoms with Crippen LogP contribution in [0.2, 0.25) is 0 Å². The summed E-state index contributed by atoms with van der Waals surface area (Å²) in [5, 5.41) is 8.43. The van der Waals surface area contributed by atoms with Crippen LogP contribution in [0.5, 0.6) is 0 Å². The number of carbonyl (C=O) groups excluding carboxylic acids is 2. The van der Waals surface area contributed by atoms with Crippen molar-refractivity contribution in [3.8, 4) is 0 Å². The molecule has 1 aromatic carbocycles. The first-order chi connectivity index (χ1) is 11.6. The summed E-state index contributed by atoms with van der Waals surface area (Å²) in [6.45, 7) is 0.765. The van der Waals surface area contributed by atoms with E-state index in [0.717, 1.165) is 18.4 Å². The van der Waals surface area contributed by atoms with Crippen LogP contribution in [-0.4, -0.2) is 31.1 Å². The first kappa shape index (κ1) is 18.2. The minimum absolute atomic E-state index is 0.121. The zero-order valence-corrected chi connectivity index (χ0v) is 13.9. The standard InChI is InChI=1S/C18H26FN3O2/c19-15-6-4-5-14(13-15)9-11-20-17(23)10-12-21-18(24)22-16-7-2-1-3-8-16/h4-6,13,16H,1-3,7-12H2,(H,20,23)(H2,21,22,24). The maximum atomic E-state index is 13.0. The number of hydrogen-bond donors (Lipinski definition) is 3. The van der Waals surface area contributed by atoms with Gasteiger partial charge in [-0.25, -0.2) is 9.18 Å². The van der Waals surface area contributed by atoms with E-state index in [4.69, 9.17) is 0 Å². The van der Waals surface area contributed by atoms with Crippen LogP contribution in [0.25, 0.3) is 0 Å². The largest absolute Gasteiger partial charge is 0.356 e. The summed E-state index contributed by atoms with van der Waals surface area (Å²) in [6.07, 6.45) is 6.47. The van der Waals surface area contributed by atoms with Crippen molar-refractivity contribution in [3.05, 3.63) is 35.6 Å². The van der Waals surface area contributed by atoms with Crippen LogP contribution in [0.1, 0.15) is 44.1 Å². The first-order valence-corrected chi connectivity index (χ1v) is 8.69. The Balaban J connectivity index is 1.53. The smallest absolute Gasteiger partial charge is 0.315 e. The van der Waals surface area contributed by atoms with Crippen molar-refractivity contribution in [3.63, 3.8) is 0 Å². The van der Waals surface area contributed by atoms with Gasteiger partial charge >= 0.3 is 6.03 Å². The molecule has 3 N–H and O–H groups in total. The predicted octanol–water partition coefficient (Wildman–Crippen LogP) is 2.51. The number of urea groups is 1. The summed E-state index contributed by atoms with van der Waals surface area (Å²) < 4.78 is 13.0. The Morgan fingerprint density at radius 2 is 1.88 bits per heavy atom. The molecule has 0 aromatic heterocycles. The van der Waals surface area contributed by atoms with E-state index in [1.165, 1.54) is 31.4 Å². The highest BCUT2D eigenvalue weighted by atomic mass is 19.1. The highest BCUT2D eigenvalue weighted by molar-refractivity contribution is 5.78. The number of amides is 3. The number of hydrogen-bond acceptors (Lipinski definition) is 2. The maximum absolute atomic E-state index is 13.0. The third kappa shape index (κ3) is 6.98. The van der Waals surface area contributed by atoms with E-state index >= 15 is 0 Å². The van der Waals surface area contributed by atoms with Gasteiger partial charge in [0.15, 0.2) is 0 Å². The fourth-order valence-electron chi connectivity index (χ4n) is 2.90. The monoisotopic (exact) mass is 335 g/mol.